The number of thiophene rings is 1. The molecule has 0 bridgehead atoms. The lowest BCUT2D eigenvalue weighted by Crippen LogP contribution is -2.41. The van der Waals surface area contributed by atoms with Crippen LogP contribution in [0.2, 0.25) is 0 Å². The highest BCUT2D eigenvalue weighted by Gasteiger charge is 2.52. The molecule has 2 aromatic heterocycles. The van der Waals surface area contributed by atoms with Crippen LogP contribution >= 0.6 is 22.7 Å². The molecule has 1 aliphatic carbocycles. The van der Waals surface area contributed by atoms with Gasteiger partial charge in [-0.2, -0.15) is 0 Å². The molecule has 122 valence electrons. The number of thiazole rings is 1. The van der Waals surface area contributed by atoms with E-state index in [1.807, 2.05) is 11.3 Å². The van der Waals surface area contributed by atoms with Crippen LogP contribution in [-0.2, 0) is 22.2 Å². The molecule has 1 saturated heterocycles. The maximum atomic E-state index is 6.15. The minimum absolute atomic E-state index is 0.270. The van der Waals surface area contributed by atoms with Gasteiger partial charge in [-0.25, -0.2) is 4.98 Å². The standard InChI is InChI=1S/C17H22BNO2S2/c1-16(2)17(3,4)21-18(20-16)14-10-9-13(22-14)15-19-11-7-5-6-8-12(11)23-15/h9-10H,5-8H2,1-4H3. The SMILES string of the molecule is CC1(C)OB(c2ccc(-c3nc4c(s3)CCCC4)s2)OC1(C)C. The summed E-state index contributed by atoms with van der Waals surface area (Å²) < 4.78 is 13.4. The van der Waals surface area contributed by atoms with Crippen molar-refractivity contribution >= 4 is 34.6 Å². The van der Waals surface area contributed by atoms with E-state index in [2.05, 4.69) is 39.8 Å². The molecule has 0 radical (unpaired) electrons. The van der Waals surface area contributed by atoms with E-state index in [9.17, 15) is 0 Å². The van der Waals surface area contributed by atoms with E-state index in [0.29, 0.717) is 0 Å². The van der Waals surface area contributed by atoms with Crippen molar-refractivity contribution in [2.45, 2.75) is 64.6 Å². The van der Waals surface area contributed by atoms with Gasteiger partial charge in [0, 0.05) is 9.65 Å². The second-order valence-corrected chi connectivity index (χ2v) is 9.59. The zero-order valence-corrected chi connectivity index (χ0v) is 15.8. The van der Waals surface area contributed by atoms with E-state index < -0.39 is 0 Å². The largest absolute Gasteiger partial charge is 0.505 e. The summed E-state index contributed by atoms with van der Waals surface area (Å²) in [4.78, 5) is 7.58. The lowest BCUT2D eigenvalue weighted by molar-refractivity contribution is 0.00578. The Hall–Kier alpha value is -0.685. The highest BCUT2D eigenvalue weighted by atomic mass is 32.1. The van der Waals surface area contributed by atoms with Gasteiger partial charge in [-0.3, -0.25) is 0 Å². The normalized spacial score (nSPS) is 22.3. The number of aromatic nitrogens is 1. The highest BCUT2D eigenvalue weighted by Crippen LogP contribution is 2.38. The molecule has 0 atom stereocenters. The number of rotatable bonds is 2. The summed E-state index contributed by atoms with van der Waals surface area (Å²) in [6.07, 6.45) is 4.92. The van der Waals surface area contributed by atoms with Crippen LogP contribution in [0.5, 0.6) is 0 Å². The zero-order chi connectivity index (χ0) is 16.2. The van der Waals surface area contributed by atoms with Crippen molar-refractivity contribution in [1.82, 2.24) is 4.98 Å². The van der Waals surface area contributed by atoms with Crippen LogP contribution in [0.15, 0.2) is 12.1 Å². The molecule has 2 aromatic rings. The molecule has 23 heavy (non-hydrogen) atoms. The number of nitrogens with zero attached hydrogens (tertiary/aromatic N) is 1. The molecule has 3 nitrogen and oxygen atoms in total. The van der Waals surface area contributed by atoms with Crippen molar-refractivity contribution in [1.29, 1.82) is 0 Å². The molecule has 6 heteroatoms. The van der Waals surface area contributed by atoms with Gasteiger partial charge in [0.1, 0.15) is 5.01 Å². The molecule has 1 fully saturated rings. The Kier molecular flexibility index (Phi) is 3.72. The molecule has 0 saturated carbocycles. The van der Waals surface area contributed by atoms with Gasteiger partial charge in [-0.1, -0.05) is 6.07 Å². The molecule has 0 amide bonds. The van der Waals surface area contributed by atoms with Gasteiger partial charge in [0.15, 0.2) is 0 Å². The summed E-state index contributed by atoms with van der Waals surface area (Å²) in [5.41, 5.74) is 0.742. The summed E-state index contributed by atoms with van der Waals surface area (Å²) in [6.45, 7) is 8.37. The first-order valence-corrected chi connectivity index (χ1v) is 9.93. The van der Waals surface area contributed by atoms with E-state index in [4.69, 9.17) is 14.3 Å². The minimum Gasteiger partial charge on any atom is -0.399 e. The van der Waals surface area contributed by atoms with Gasteiger partial charge in [-0.15, -0.1) is 22.7 Å². The number of hydrogen-bond acceptors (Lipinski definition) is 5. The van der Waals surface area contributed by atoms with Gasteiger partial charge in [0.25, 0.3) is 0 Å². The number of aryl methyl sites for hydroxylation is 2. The maximum absolute atomic E-state index is 6.15. The summed E-state index contributed by atoms with van der Waals surface area (Å²) >= 11 is 3.61. The molecule has 0 aromatic carbocycles. The summed E-state index contributed by atoms with van der Waals surface area (Å²) in [5, 5.41) is 1.16. The lowest BCUT2D eigenvalue weighted by Gasteiger charge is -2.32. The van der Waals surface area contributed by atoms with Crippen LogP contribution in [0.1, 0.15) is 51.1 Å². The van der Waals surface area contributed by atoms with Crippen molar-refractivity contribution < 1.29 is 9.31 Å². The van der Waals surface area contributed by atoms with E-state index in [-0.39, 0.29) is 18.3 Å². The van der Waals surface area contributed by atoms with Crippen molar-refractivity contribution in [2.75, 3.05) is 0 Å². The molecule has 4 rings (SSSR count). The van der Waals surface area contributed by atoms with E-state index in [1.54, 1.807) is 11.3 Å². The van der Waals surface area contributed by atoms with Crippen molar-refractivity contribution in [2.24, 2.45) is 0 Å². The minimum atomic E-state index is -0.290. The first-order chi connectivity index (χ1) is 10.9. The van der Waals surface area contributed by atoms with Crippen molar-refractivity contribution in [3.8, 4) is 9.88 Å². The third-order valence-corrected chi connectivity index (χ3v) is 7.60. The fourth-order valence-corrected chi connectivity index (χ4v) is 5.18. The Bertz CT molecular complexity index is 695. The first kappa shape index (κ1) is 15.8. The number of hydrogen-bond donors (Lipinski definition) is 0. The lowest BCUT2D eigenvalue weighted by atomic mass is 9.88. The van der Waals surface area contributed by atoms with Crippen LogP contribution < -0.4 is 4.78 Å². The second-order valence-electron chi connectivity index (χ2n) is 7.39. The fraction of sp³-hybridized carbons (Fsp3) is 0.588. The van der Waals surface area contributed by atoms with Gasteiger partial charge >= 0.3 is 7.12 Å². The first-order valence-electron chi connectivity index (χ1n) is 8.30. The van der Waals surface area contributed by atoms with Gasteiger partial charge in [0.2, 0.25) is 0 Å². The van der Waals surface area contributed by atoms with Crippen LogP contribution in [0, 0.1) is 0 Å². The molecule has 2 aliphatic rings. The molecule has 0 spiro atoms. The van der Waals surface area contributed by atoms with E-state index >= 15 is 0 Å². The Morgan fingerprint density at radius 1 is 1.00 bits per heavy atom. The molecular weight excluding hydrogens is 325 g/mol. The van der Waals surface area contributed by atoms with Gasteiger partial charge in [0.05, 0.1) is 21.8 Å². The molecule has 0 N–H and O–H groups in total. The Morgan fingerprint density at radius 3 is 2.39 bits per heavy atom. The fourth-order valence-electron chi connectivity index (χ4n) is 3.01. The Balaban J connectivity index is 1.59. The summed E-state index contributed by atoms with van der Waals surface area (Å²) in [6, 6.07) is 4.29. The Morgan fingerprint density at radius 2 is 1.70 bits per heavy atom. The quantitative estimate of drug-likeness (QED) is 0.768. The van der Waals surface area contributed by atoms with Gasteiger partial charge < -0.3 is 9.31 Å². The average Bonchev–Trinajstić information content (AvgIpc) is 3.16. The molecule has 3 heterocycles. The molecular formula is C17H22BNO2S2. The van der Waals surface area contributed by atoms with Gasteiger partial charge in [-0.05, 0) is 59.4 Å². The maximum Gasteiger partial charge on any atom is 0.505 e. The highest BCUT2D eigenvalue weighted by molar-refractivity contribution is 7.27. The van der Waals surface area contributed by atoms with E-state index in [1.165, 1.54) is 34.7 Å². The van der Waals surface area contributed by atoms with Crippen LogP contribution in [0.25, 0.3) is 9.88 Å². The summed E-state index contributed by atoms with van der Waals surface area (Å²) in [7, 11) is -0.270. The van der Waals surface area contributed by atoms with E-state index in [0.717, 1.165) is 16.2 Å². The van der Waals surface area contributed by atoms with Crippen molar-refractivity contribution in [3.63, 3.8) is 0 Å². The van der Waals surface area contributed by atoms with Crippen molar-refractivity contribution in [3.05, 3.63) is 22.7 Å². The van der Waals surface area contributed by atoms with Crippen LogP contribution in [0.3, 0.4) is 0 Å². The summed E-state index contributed by atoms with van der Waals surface area (Å²) in [5.74, 6) is 0. The zero-order valence-electron chi connectivity index (χ0n) is 14.1. The molecule has 1 aliphatic heterocycles. The van der Waals surface area contributed by atoms with Crippen LogP contribution in [-0.4, -0.2) is 23.3 Å². The monoisotopic (exact) mass is 347 g/mol. The molecule has 0 unspecified atom stereocenters. The average molecular weight is 347 g/mol. The second kappa shape index (κ2) is 5.41. The Labute approximate surface area is 146 Å². The third-order valence-electron chi connectivity index (χ3n) is 5.17. The van der Waals surface area contributed by atoms with Crippen LogP contribution in [0.4, 0.5) is 0 Å². The topological polar surface area (TPSA) is 31.4 Å². The number of fused-ring (bicyclic) bond motifs is 1. The third kappa shape index (κ3) is 2.70. The predicted octanol–water partition coefficient (Wildman–Crippen LogP) is 4.05. The smallest absolute Gasteiger partial charge is 0.399 e. The predicted molar refractivity (Wildman–Crippen MR) is 97.8 cm³/mol.